The van der Waals surface area contributed by atoms with Gasteiger partial charge < -0.3 is 16.0 Å². The molecule has 3 aromatic rings. The Labute approximate surface area is 172 Å². The number of para-hydroxylation sites is 2. The van der Waals surface area contributed by atoms with Crippen LogP contribution in [0.5, 0.6) is 0 Å². The summed E-state index contributed by atoms with van der Waals surface area (Å²) < 4.78 is 0. The molecule has 0 atom stereocenters. The van der Waals surface area contributed by atoms with Gasteiger partial charge in [-0.25, -0.2) is 0 Å². The Hall–Kier alpha value is -3.02. The van der Waals surface area contributed by atoms with Gasteiger partial charge in [0.25, 0.3) is 5.91 Å². The van der Waals surface area contributed by atoms with Gasteiger partial charge in [0, 0.05) is 16.4 Å². The molecule has 3 N–H and O–H groups in total. The molecule has 3 aromatic carbocycles. The van der Waals surface area contributed by atoms with Crippen molar-refractivity contribution in [3.63, 3.8) is 0 Å². The summed E-state index contributed by atoms with van der Waals surface area (Å²) in [6.07, 6.45) is 0. The van der Waals surface area contributed by atoms with E-state index in [-0.39, 0.29) is 18.4 Å². The average Bonchev–Trinajstić information content (AvgIpc) is 2.69. The van der Waals surface area contributed by atoms with Crippen molar-refractivity contribution in [3.8, 4) is 0 Å². The van der Waals surface area contributed by atoms with E-state index in [9.17, 15) is 9.59 Å². The fourth-order valence-corrected chi connectivity index (χ4v) is 2.97. The number of anilines is 3. The van der Waals surface area contributed by atoms with Gasteiger partial charge in [-0.05, 0) is 42.5 Å². The number of halogens is 2. The van der Waals surface area contributed by atoms with Crippen LogP contribution in [0.1, 0.15) is 10.4 Å². The summed E-state index contributed by atoms with van der Waals surface area (Å²) in [4.78, 5) is 24.8. The molecule has 5 nitrogen and oxygen atoms in total. The summed E-state index contributed by atoms with van der Waals surface area (Å²) in [7, 11) is 0. The molecular formula is C21H17Cl2N3O2. The second kappa shape index (κ2) is 9.26. The highest BCUT2D eigenvalue weighted by atomic mass is 35.5. The Balaban J connectivity index is 1.64. The molecule has 0 aliphatic carbocycles. The molecule has 0 spiro atoms. The molecule has 0 aliphatic rings. The lowest BCUT2D eigenvalue weighted by Gasteiger charge is -2.13. The van der Waals surface area contributed by atoms with Gasteiger partial charge in [0.2, 0.25) is 5.91 Å². The summed E-state index contributed by atoms with van der Waals surface area (Å²) in [6.45, 7) is -0.0331. The smallest absolute Gasteiger partial charge is 0.257 e. The van der Waals surface area contributed by atoms with Crippen LogP contribution in [0.15, 0.2) is 72.8 Å². The third-order valence-electron chi connectivity index (χ3n) is 3.85. The van der Waals surface area contributed by atoms with Crippen molar-refractivity contribution in [1.29, 1.82) is 0 Å². The molecule has 0 saturated heterocycles. The van der Waals surface area contributed by atoms with Gasteiger partial charge in [0.05, 0.1) is 22.8 Å². The first-order valence-corrected chi connectivity index (χ1v) is 9.23. The maximum atomic E-state index is 12.6. The summed E-state index contributed by atoms with van der Waals surface area (Å²) >= 11 is 11.9. The van der Waals surface area contributed by atoms with Crippen LogP contribution in [0.4, 0.5) is 17.1 Å². The SMILES string of the molecule is O=C(CNc1ccccc1C(=O)Nc1ccccc1)Nc1ccc(Cl)cc1Cl. The molecule has 0 aliphatic heterocycles. The number of carbonyl (C=O) groups excluding carboxylic acids is 2. The van der Waals surface area contributed by atoms with Crippen LogP contribution >= 0.6 is 23.2 Å². The lowest BCUT2D eigenvalue weighted by atomic mass is 10.1. The Morgan fingerprint density at radius 3 is 2.25 bits per heavy atom. The van der Waals surface area contributed by atoms with Crippen LogP contribution in [0.2, 0.25) is 10.0 Å². The van der Waals surface area contributed by atoms with E-state index in [2.05, 4.69) is 16.0 Å². The Kier molecular flexibility index (Phi) is 6.53. The third kappa shape index (κ3) is 5.25. The number of hydrogen-bond acceptors (Lipinski definition) is 3. The molecule has 0 saturated carbocycles. The van der Waals surface area contributed by atoms with Crippen molar-refractivity contribution in [2.75, 3.05) is 22.5 Å². The summed E-state index contributed by atoms with van der Waals surface area (Å²) in [6, 6.07) is 21.0. The van der Waals surface area contributed by atoms with Gasteiger partial charge in [-0.15, -0.1) is 0 Å². The van der Waals surface area contributed by atoms with Crippen LogP contribution in [0.3, 0.4) is 0 Å². The van der Waals surface area contributed by atoms with Crippen LogP contribution in [-0.2, 0) is 4.79 Å². The molecule has 3 rings (SSSR count). The molecule has 2 amide bonds. The van der Waals surface area contributed by atoms with Crippen LogP contribution in [0, 0.1) is 0 Å². The number of hydrogen-bond donors (Lipinski definition) is 3. The van der Waals surface area contributed by atoms with E-state index in [1.165, 1.54) is 0 Å². The summed E-state index contributed by atoms with van der Waals surface area (Å²) in [5.41, 5.74) is 2.14. The van der Waals surface area contributed by atoms with Crippen LogP contribution < -0.4 is 16.0 Å². The fourth-order valence-electron chi connectivity index (χ4n) is 2.52. The molecule has 0 fully saturated rings. The molecule has 0 unspecified atom stereocenters. The van der Waals surface area contributed by atoms with Crippen molar-refractivity contribution in [3.05, 3.63) is 88.4 Å². The lowest BCUT2D eigenvalue weighted by molar-refractivity contribution is -0.114. The van der Waals surface area contributed by atoms with Crippen LogP contribution in [-0.4, -0.2) is 18.4 Å². The van der Waals surface area contributed by atoms with Gasteiger partial charge >= 0.3 is 0 Å². The third-order valence-corrected chi connectivity index (χ3v) is 4.40. The number of carbonyl (C=O) groups is 2. The topological polar surface area (TPSA) is 70.2 Å². The van der Waals surface area contributed by atoms with Gasteiger partial charge in [-0.1, -0.05) is 53.5 Å². The number of amides is 2. The standard InChI is InChI=1S/C21H17Cl2N3O2/c22-14-10-11-19(17(23)12-14)26-20(27)13-24-18-9-5-4-8-16(18)21(28)25-15-6-2-1-3-7-15/h1-12,24H,13H2,(H,25,28)(H,26,27). The molecule has 142 valence electrons. The van der Waals surface area contributed by atoms with Crippen molar-refractivity contribution in [2.24, 2.45) is 0 Å². The molecule has 28 heavy (non-hydrogen) atoms. The Bertz CT molecular complexity index is 994. The quantitative estimate of drug-likeness (QED) is 0.513. The highest BCUT2D eigenvalue weighted by molar-refractivity contribution is 6.36. The lowest BCUT2D eigenvalue weighted by Crippen LogP contribution is -2.23. The van der Waals surface area contributed by atoms with E-state index >= 15 is 0 Å². The minimum Gasteiger partial charge on any atom is -0.376 e. The van der Waals surface area contributed by atoms with Crippen molar-refractivity contribution >= 4 is 52.1 Å². The first kappa shape index (κ1) is 19.7. The van der Waals surface area contributed by atoms with Gasteiger partial charge in [-0.3, -0.25) is 9.59 Å². The first-order chi connectivity index (χ1) is 13.5. The molecule has 0 radical (unpaired) electrons. The number of rotatable bonds is 6. The minimum atomic E-state index is -0.303. The largest absolute Gasteiger partial charge is 0.376 e. The summed E-state index contributed by atoms with van der Waals surface area (Å²) in [5, 5.41) is 9.36. The zero-order chi connectivity index (χ0) is 19.9. The van der Waals surface area contributed by atoms with E-state index in [1.807, 2.05) is 18.2 Å². The maximum Gasteiger partial charge on any atom is 0.257 e. The minimum absolute atomic E-state index is 0.0331. The van der Waals surface area contributed by atoms with E-state index < -0.39 is 0 Å². The first-order valence-electron chi connectivity index (χ1n) is 8.47. The van der Waals surface area contributed by atoms with E-state index in [4.69, 9.17) is 23.2 Å². The zero-order valence-corrected chi connectivity index (χ0v) is 16.2. The van der Waals surface area contributed by atoms with E-state index in [0.717, 1.165) is 0 Å². The highest BCUT2D eigenvalue weighted by Crippen LogP contribution is 2.25. The number of benzene rings is 3. The predicted octanol–water partition coefficient (Wildman–Crippen LogP) is 5.30. The molecule has 7 heteroatoms. The molecule has 0 heterocycles. The Morgan fingerprint density at radius 2 is 1.50 bits per heavy atom. The Morgan fingerprint density at radius 1 is 0.786 bits per heavy atom. The second-order valence-electron chi connectivity index (χ2n) is 5.89. The average molecular weight is 414 g/mol. The van der Waals surface area contributed by atoms with E-state index in [1.54, 1.807) is 54.6 Å². The highest BCUT2D eigenvalue weighted by Gasteiger charge is 2.12. The molecule has 0 bridgehead atoms. The monoisotopic (exact) mass is 413 g/mol. The van der Waals surface area contributed by atoms with Crippen LogP contribution in [0.25, 0.3) is 0 Å². The van der Waals surface area contributed by atoms with Crippen molar-refractivity contribution in [2.45, 2.75) is 0 Å². The van der Waals surface area contributed by atoms with Crippen molar-refractivity contribution in [1.82, 2.24) is 0 Å². The number of nitrogens with one attached hydrogen (secondary N) is 3. The van der Waals surface area contributed by atoms with Gasteiger partial charge in [0.15, 0.2) is 0 Å². The molecule has 0 aromatic heterocycles. The summed E-state index contributed by atoms with van der Waals surface area (Å²) in [5.74, 6) is -0.571. The fraction of sp³-hybridized carbons (Fsp3) is 0.0476. The van der Waals surface area contributed by atoms with Gasteiger partial charge in [0.1, 0.15) is 0 Å². The molecular weight excluding hydrogens is 397 g/mol. The van der Waals surface area contributed by atoms with Crippen molar-refractivity contribution < 1.29 is 9.59 Å². The second-order valence-corrected chi connectivity index (χ2v) is 6.74. The zero-order valence-electron chi connectivity index (χ0n) is 14.7. The van der Waals surface area contributed by atoms with E-state index in [0.29, 0.717) is 32.7 Å². The predicted molar refractivity (Wildman–Crippen MR) is 114 cm³/mol. The normalized spacial score (nSPS) is 10.2. The van der Waals surface area contributed by atoms with Gasteiger partial charge in [-0.2, -0.15) is 0 Å². The maximum absolute atomic E-state index is 12.6.